The molecule has 0 amide bonds. The number of fused-ring (bicyclic) bond motifs is 1. The van der Waals surface area contributed by atoms with E-state index in [0.717, 1.165) is 30.0 Å². The molecule has 0 saturated carbocycles. The van der Waals surface area contributed by atoms with Crippen LogP contribution in [-0.2, 0) is 13.0 Å². The van der Waals surface area contributed by atoms with Crippen LogP contribution in [0.25, 0.3) is 11.3 Å². The van der Waals surface area contributed by atoms with Gasteiger partial charge in [-0.1, -0.05) is 18.6 Å². The van der Waals surface area contributed by atoms with Gasteiger partial charge in [0.25, 0.3) is 0 Å². The second-order valence-corrected chi connectivity index (χ2v) is 7.37. The molecule has 1 aromatic heterocycles. The number of hydrogen-bond acceptors (Lipinski definition) is 4. The predicted molar refractivity (Wildman–Crippen MR) is 101 cm³/mol. The molecule has 1 aromatic carbocycles. The Morgan fingerprint density at radius 2 is 2.04 bits per heavy atom. The van der Waals surface area contributed by atoms with E-state index in [1.165, 1.54) is 49.0 Å². The minimum Gasteiger partial charge on any atom is -0.488 e. The highest BCUT2D eigenvalue weighted by atomic mass is 16.5. The number of nitrogens with two attached hydrogens (primary N) is 1. The number of likely N-dealkylation sites (tertiary alicyclic amines) is 1. The van der Waals surface area contributed by atoms with E-state index >= 15 is 0 Å². The standard InChI is InChI=1S/C21H27N3O/c1-15-9-17-11-18(12-22)25-21(17)19(10-15)20-6-5-16(13-23-20)14-24-7-3-2-4-8-24/h5-6,9-10,13,18H,2-4,7-8,11-12,14,22H2,1H3/t18-/m1/s1. The van der Waals surface area contributed by atoms with Crippen molar-refractivity contribution in [3.63, 3.8) is 0 Å². The first-order valence-electron chi connectivity index (χ1n) is 9.41. The number of benzene rings is 1. The van der Waals surface area contributed by atoms with E-state index in [2.05, 4.69) is 36.1 Å². The highest BCUT2D eigenvalue weighted by Gasteiger charge is 2.25. The molecule has 25 heavy (non-hydrogen) atoms. The fourth-order valence-electron chi connectivity index (χ4n) is 3.97. The molecule has 4 heteroatoms. The molecule has 2 aliphatic heterocycles. The third-order valence-corrected chi connectivity index (χ3v) is 5.26. The smallest absolute Gasteiger partial charge is 0.132 e. The summed E-state index contributed by atoms with van der Waals surface area (Å²) in [5.74, 6) is 0.970. The van der Waals surface area contributed by atoms with Crippen molar-refractivity contribution >= 4 is 0 Å². The fourth-order valence-corrected chi connectivity index (χ4v) is 3.97. The quantitative estimate of drug-likeness (QED) is 0.930. The lowest BCUT2D eigenvalue weighted by Gasteiger charge is -2.26. The van der Waals surface area contributed by atoms with Crippen LogP contribution in [-0.4, -0.2) is 35.6 Å². The summed E-state index contributed by atoms with van der Waals surface area (Å²) in [7, 11) is 0. The molecule has 0 bridgehead atoms. The molecule has 3 heterocycles. The number of piperidine rings is 1. The third kappa shape index (κ3) is 3.55. The van der Waals surface area contributed by atoms with E-state index in [0.29, 0.717) is 6.54 Å². The first kappa shape index (κ1) is 16.6. The summed E-state index contributed by atoms with van der Waals surface area (Å²) in [4.78, 5) is 7.27. The van der Waals surface area contributed by atoms with Crippen molar-refractivity contribution in [3.05, 3.63) is 47.2 Å². The third-order valence-electron chi connectivity index (χ3n) is 5.26. The van der Waals surface area contributed by atoms with Crippen LogP contribution in [0.5, 0.6) is 5.75 Å². The maximum absolute atomic E-state index is 6.08. The molecule has 2 aromatic rings. The molecule has 0 unspecified atom stereocenters. The van der Waals surface area contributed by atoms with Gasteiger partial charge in [-0.3, -0.25) is 9.88 Å². The minimum absolute atomic E-state index is 0.0916. The zero-order valence-electron chi connectivity index (χ0n) is 15.0. The van der Waals surface area contributed by atoms with Gasteiger partial charge < -0.3 is 10.5 Å². The van der Waals surface area contributed by atoms with Gasteiger partial charge >= 0.3 is 0 Å². The zero-order valence-corrected chi connectivity index (χ0v) is 15.0. The molecule has 4 nitrogen and oxygen atoms in total. The summed E-state index contributed by atoms with van der Waals surface area (Å²) >= 11 is 0. The Labute approximate surface area is 150 Å². The van der Waals surface area contributed by atoms with E-state index in [1.807, 2.05) is 6.20 Å². The van der Waals surface area contributed by atoms with Crippen molar-refractivity contribution in [1.82, 2.24) is 9.88 Å². The summed E-state index contributed by atoms with van der Waals surface area (Å²) in [6.07, 6.45) is 7.02. The Balaban J connectivity index is 1.56. The van der Waals surface area contributed by atoms with Crippen molar-refractivity contribution in [2.75, 3.05) is 19.6 Å². The van der Waals surface area contributed by atoms with Crippen molar-refractivity contribution < 1.29 is 4.74 Å². The van der Waals surface area contributed by atoms with Crippen molar-refractivity contribution in [3.8, 4) is 17.0 Å². The second-order valence-electron chi connectivity index (χ2n) is 7.37. The Kier molecular flexibility index (Phi) is 4.73. The first-order chi connectivity index (χ1) is 12.2. The van der Waals surface area contributed by atoms with Crippen LogP contribution in [0, 0.1) is 6.92 Å². The van der Waals surface area contributed by atoms with Crippen LogP contribution in [0.15, 0.2) is 30.5 Å². The van der Waals surface area contributed by atoms with Gasteiger partial charge in [0.15, 0.2) is 0 Å². The van der Waals surface area contributed by atoms with Crippen molar-refractivity contribution in [1.29, 1.82) is 0 Å². The number of aromatic nitrogens is 1. The maximum atomic E-state index is 6.08. The van der Waals surface area contributed by atoms with Gasteiger partial charge in [0, 0.05) is 31.3 Å². The molecule has 4 rings (SSSR count). The molecular weight excluding hydrogens is 310 g/mol. The average molecular weight is 337 g/mol. The molecule has 0 spiro atoms. The lowest BCUT2D eigenvalue weighted by atomic mass is 10.0. The number of ether oxygens (including phenoxy) is 1. The number of rotatable bonds is 4. The van der Waals surface area contributed by atoms with E-state index in [-0.39, 0.29) is 6.10 Å². The summed E-state index contributed by atoms with van der Waals surface area (Å²) in [6, 6.07) is 8.72. The van der Waals surface area contributed by atoms with Gasteiger partial charge in [0.2, 0.25) is 0 Å². The van der Waals surface area contributed by atoms with E-state index in [1.54, 1.807) is 0 Å². The molecule has 1 saturated heterocycles. The number of pyridine rings is 1. The lowest BCUT2D eigenvalue weighted by Crippen LogP contribution is -2.29. The Bertz CT molecular complexity index is 736. The van der Waals surface area contributed by atoms with Crippen LogP contribution in [0.3, 0.4) is 0 Å². The molecule has 132 valence electrons. The normalized spacial score (nSPS) is 20.3. The van der Waals surface area contributed by atoms with Crippen LogP contribution in [0.4, 0.5) is 0 Å². The minimum atomic E-state index is 0.0916. The van der Waals surface area contributed by atoms with Crippen LogP contribution < -0.4 is 10.5 Å². The van der Waals surface area contributed by atoms with Crippen molar-refractivity contribution in [2.24, 2.45) is 5.73 Å². The molecule has 0 aliphatic carbocycles. The van der Waals surface area contributed by atoms with E-state index in [9.17, 15) is 0 Å². The van der Waals surface area contributed by atoms with Gasteiger partial charge in [-0.15, -0.1) is 0 Å². The predicted octanol–water partition coefficient (Wildman–Crippen LogP) is 3.31. The number of aryl methyl sites for hydroxylation is 1. The van der Waals surface area contributed by atoms with Crippen LogP contribution in [0.1, 0.15) is 36.0 Å². The molecule has 0 radical (unpaired) electrons. The molecular formula is C21H27N3O. The highest BCUT2D eigenvalue weighted by molar-refractivity contribution is 5.71. The zero-order chi connectivity index (χ0) is 17.2. The van der Waals surface area contributed by atoms with Gasteiger partial charge in [-0.2, -0.15) is 0 Å². The van der Waals surface area contributed by atoms with Gasteiger partial charge in [-0.25, -0.2) is 0 Å². The highest BCUT2D eigenvalue weighted by Crippen LogP contribution is 2.39. The Morgan fingerprint density at radius 1 is 1.20 bits per heavy atom. The lowest BCUT2D eigenvalue weighted by molar-refractivity contribution is 0.220. The van der Waals surface area contributed by atoms with E-state index in [4.69, 9.17) is 15.5 Å². The Morgan fingerprint density at radius 3 is 2.76 bits per heavy atom. The monoisotopic (exact) mass is 337 g/mol. The second kappa shape index (κ2) is 7.14. The van der Waals surface area contributed by atoms with Crippen molar-refractivity contribution in [2.45, 2.75) is 45.3 Å². The number of hydrogen-bond donors (Lipinski definition) is 1. The molecule has 2 aliphatic rings. The average Bonchev–Trinajstić information content (AvgIpc) is 3.05. The van der Waals surface area contributed by atoms with Crippen LogP contribution >= 0.6 is 0 Å². The summed E-state index contributed by atoms with van der Waals surface area (Å²) < 4.78 is 6.08. The molecule has 1 atom stereocenters. The summed E-state index contributed by atoms with van der Waals surface area (Å²) in [5.41, 5.74) is 11.7. The fraction of sp³-hybridized carbons (Fsp3) is 0.476. The summed E-state index contributed by atoms with van der Waals surface area (Å²) in [5, 5.41) is 0. The number of nitrogens with zero attached hydrogens (tertiary/aromatic N) is 2. The van der Waals surface area contributed by atoms with E-state index < -0.39 is 0 Å². The topological polar surface area (TPSA) is 51.4 Å². The molecule has 2 N–H and O–H groups in total. The largest absolute Gasteiger partial charge is 0.488 e. The van der Waals surface area contributed by atoms with Gasteiger partial charge in [-0.05, 0) is 61.7 Å². The molecule has 1 fully saturated rings. The Hall–Kier alpha value is -1.91. The van der Waals surface area contributed by atoms with Gasteiger partial charge in [0.1, 0.15) is 11.9 Å². The SMILES string of the molecule is Cc1cc2c(c(-c3ccc(CN4CCCCC4)cn3)c1)O[C@@H](CN)C2. The maximum Gasteiger partial charge on any atom is 0.132 e. The first-order valence-corrected chi connectivity index (χ1v) is 9.41. The van der Waals surface area contributed by atoms with Gasteiger partial charge in [0.05, 0.1) is 5.69 Å². The van der Waals surface area contributed by atoms with Crippen LogP contribution in [0.2, 0.25) is 0 Å². The summed E-state index contributed by atoms with van der Waals surface area (Å²) in [6.45, 7) is 6.10.